The van der Waals surface area contributed by atoms with Gasteiger partial charge in [0.2, 0.25) is 0 Å². The summed E-state index contributed by atoms with van der Waals surface area (Å²) in [7, 11) is 0. The number of amides is 1. The van der Waals surface area contributed by atoms with Gasteiger partial charge in [-0.1, -0.05) is 41.9 Å². The second kappa shape index (κ2) is 8.96. The zero-order chi connectivity index (χ0) is 21.9. The largest absolute Gasteiger partial charge is 0.488 e. The summed E-state index contributed by atoms with van der Waals surface area (Å²) in [5.74, 6) is -0.448. The smallest absolute Gasteiger partial charge is 0.411 e. The number of likely N-dealkylation sites (tertiary alicyclic amines) is 1. The summed E-state index contributed by atoms with van der Waals surface area (Å²) in [6.45, 7) is 5.37. The topological polar surface area (TPSA) is 76.1 Å². The van der Waals surface area contributed by atoms with Crippen LogP contribution in [0.3, 0.4) is 0 Å². The van der Waals surface area contributed by atoms with Crippen molar-refractivity contribution >= 4 is 23.7 Å². The first kappa shape index (κ1) is 22.0. The van der Waals surface area contributed by atoms with E-state index in [-0.39, 0.29) is 13.0 Å². The number of halogens is 1. The van der Waals surface area contributed by atoms with Crippen LogP contribution in [0.15, 0.2) is 48.5 Å². The highest BCUT2D eigenvalue weighted by Gasteiger charge is 2.42. The molecule has 0 aliphatic carbocycles. The number of carboxylic acid groups (broad SMARTS) is 1. The molecule has 1 amide bonds. The number of aliphatic carboxylic acids is 1. The summed E-state index contributed by atoms with van der Waals surface area (Å²) < 4.78 is 11.5. The first-order valence-electron chi connectivity index (χ1n) is 9.84. The lowest BCUT2D eigenvalue weighted by Crippen LogP contribution is -2.43. The van der Waals surface area contributed by atoms with Gasteiger partial charge in [0, 0.05) is 17.9 Å². The molecule has 160 valence electrons. The highest BCUT2D eigenvalue weighted by Crippen LogP contribution is 2.30. The zero-order valence-electron chi connectivity index (χ0n) is 17.3. The third-order valence-corrected chi connectivity index (χ3v) is 4.96. The quantitative estimate of drug-likeness (QED) is 0.737. The molecule has 0 radical (unpaired) electrons. The second-order valence-corrected chi connectivity index (χ2v) is 8.81. The van der Waals surface area contributed by atoms with E-state index in [1.807, 2.05) is 36.4 Å². The molecule has 0 aromatic heterocycles. The van der Waals surface area contributed by atoms with Gasteiger partial charge >= 0.3 is 12.1 Å². The number of carbonyl (C=O) groups is 2. The Bertz CT molecular complexity index is 910. The molecule has 30 heavy (non-hydrogen) atoms. The van der Waals surface area contributed by atoms with Gasteiger partial charge in [-0.05, 0) is 50.1 Å². The Morgan fingerprint density at radius 2 is 1.87 bits per heavy atom. The van der Waals surface area contributed by atoms with E-state index < -0.39 is 29.8 Å². The molecule has 1 N–H and O–H groups in total. The van der Waals surface area contributed by atoms with Crippen molar-refractivity contribution in [2.24, 2.45) is 0 Å². The molecule has 2 aromatic rings. The summed E-state index contributed by atoms with van der Waals surface area (Å²) >= 11 is 6.19. The van der Waals surface area contributed by atoms with Gasteiger partial charge in [-0.2, -0.15) is 0 Å². The third-order valence-electron chi connectivity index (χ3n) is 4.73. The lowest BCUT2D eigenvalue weighted by molar-refractivity contribution is -0.142. The minimum atomic E-state index is -1.08. The van der Waals surface area contributed by atoms with Crippen molar-refractivity contribution < 1.29 is 24.2 Å². The Labute approximate surface area is 181 Å². The fourth-order valence-electron chi connectivity index (χ4n) is 3.44. The molecule has 2 unspecified atom stereocenters. The van der Waals surface area contributed by atoms with Crippen LogP contribution in [0, 0.1) is 0 Å². The van der Waals surface area contributed by atoms with Crippen LogP contribution in [0.4, 0.5) is 4.79 Å². The Morgan fingerprint density at radius 1 is 1.17 bits per heavy atom. The molecule has 6 nitrogen and oxygen atoms in total. The molecule has 1 saturated heterocycles. The third kappa shape index (κ3) is 5.66. The van der Waals surface area contributed by atoms with Crippen molar-refractivity contribution in [3.8, 4) is 5.75 Å². The SMILES string of the molecule is CC(C)(C)OC(=O)N1CC(Oc2ccc(Cl)cc2Cc2ccccc2)CC1C(=O)O. The maximum absolute atomic E-state index is 12.5. The molecule has 2 aromatic carbocycles. The average Bonchev–Trinajstić information content (AvgIpc) is 3.08. The van der Waals surface area contributed by atoms with Crippen LogP contribution in [0.2, 0.25) is 5.02 Å². The second-order valence-electron chi connectivity index (χ2n) is 8.38. The summed E-state index contributed by atoms with van der Waals surface area (Å²) in [5, 5.41) is 10.2. The monoisotopic (exact) mass is 431 g/mol. The van der Waals surface area contributed by atoms with Gasteiger partial charge in [0.25, 0.3) is 0 Å². The van der Waals surface area contributed by atoms with Gasteiger partial charge in [-0.25, -0.2) is 9.59 Å². The van der Waals surface area contributed by atoms with Crippen LogP contribution in [0.1, 0.15) is 38.3 Å². The van der Waals surface area contributed by atoms with Gasteiger partial charge < -0.3 is 14.6 Å². The fourth-order valence-corrected chi connectivity index (χ4v) is 3.63. The molecule has 0 bridgehead atoms. The minimum absolute atomic E-state index is 0.138. The van der Waals surface area contributed by atoms with Crippen LogP contribution in [0.5, 0.6) is 5.75 Å². The molecule has 1 fully saturated rings. The fraction of sp³-hybridized carbons (Fsp3) is 0.391. The minimum Gasteiger partial charge on any atom is -0.488 e. The highest BCUT2D eigenvalue weighted by molar-refractivity contribution is 6.30. The Hall–Kier alpha value is -2.73. The normalized spacial score (nSPS) is 18.9. The highest BCUT2D eigenvalue weighted by atomic mass is 35.5. The first-order chi connectivity index (χ1) is 14.1. The molecular weight excluding hydrogens is 406 g/mol. The number of benzene rings is 2. The van der Waals surface area contributed by atoms with Crippen molar-refractivity contribution in [3.05, 3.63) is 64.7 Å². The summed E-state index contributed by atoms with van der Waals surface area (Å²) in [6, 6.07) is 14.3. The van der Waals surface area contributed by atoms with Crippen molar-refractivity contribution in [3.63, 3.8) is 0 Å². The van der Waals surface area contributed by atoms with Crippen molar-refractivity contribution in [2.75, 3.05) is 6.54 Å². The molecule has 1 heterocycles. The predicted octanol–water partition coefficient (Wildman–Crippen LogP) is 4.77. The number of rotatable bonds is 5. The average molecular weight is 432 g/mol. The van der Waals surface area contributed by atoms with Gasteiger partial charge in [-0.15, -0.1) is 0 Å². The standard InChI is InChI=1S/C23H26ClNO5/c1-23(2,3)30-22(28)25-14-18(13-19(25)21(26)27)29-20-10-9-17(24)12-16(20)11-15-7-5-4-6-8-15/h4-10,12,18-19H,11,13-14H2,1-3H3,(H,26,27). The van der Waals surface area contributed by atoms with Crippen LogP contribution >= 0.6 is 11.6 Å². The zero-order valence-corrected chi connectivity index (χ0v) is 18.1. The van der Waals surface area contributed by atoms with Crippen molar-refractivity contribution in [2.45, 2.75) is 51.4 Å². The lowest BCUT2D eigenvalue weighted by atomic mass is 10.0. The number of hydrogen-bond donors (Lipinski definition) is 1. The first-order valence-corrected chi connectivity index (χ1v) is 10.2. The van der Waals surface area contributed by atoms with E-state index in [1.165, 1.54) is 4.90 Å². The van der Waals surface area contributed by atoms with Crippen molar-refractivity contribution in [1.82, 2.24) is 4.90 Å². The van der Waals surface area contributed by atoms with Crippen LogP contribution < -0.4 is 4.74 Å². The van der Waals surface area contributed by atoms with E-state index in [0.717, 1.165) is 11.1 Å². The summed E-state index contributed by atoms with van der Waals surface area (Å²) in [6.07, 6.45) is -0.306. The number of carboxylic acids is 1. The summed E-state index contributed by atoms with van der Waals surface area (Å²) in [4.78, 5) is 25.4. The van der Waals surface area contributed by atoms with Crippen LogP contribution in [-0.4, -0.2) is 46.4 Å². The molecule has 1 aliphatic heterocycles. The maximum atomic E-state index is 12.5. The van der Waals surface area contributed by atoms with Gasteiger partial charge in [-0.3, -0.25) is 4.90 Å². The van der Waals surface area contributed by atoms with E-state index in [2.05, 4.69) is 0 Å². The van der Waals surface area contributed by atoms with Gasteiger partial charge in [0.1, 0.15) is 23.5 Å². The van der Waals surface area contributed by atoms with Crippen LogP contribution in [0.25, 0.3) is 0 Å². The summed E-state index contributed by atoms with van der Waals surface area (Å²) in [5.41, 5.74) is 1.30. The molecule has 3 rings (SSSR count). The predicted molar refractivity (Wildman–Crippen MR) is 114 cm³/mol. The van der Waals surface area contributed by atoms with E-state index in [0.29, 0.717) is 17.2 Å². The van der Waals surface area contributed by atoms with Gasteiger partial charge in [0.15, 0.2) is 0 Å². The molecule has 0 spiro atoms. The van der Waals surface area contributed by atoms with Crippen LogP contribution in [-0.2, 0) is 16.0 Å². The molecule has 0 saturated carbocycles. The molecule has 7 heteroatoms. The van der Waals surface area contributed by atoms with E-state index in [9.17, 15) is 14.7 Å². The van der Waals surface area contributed by atoms with E-state index >= 15 is 0 Å². The Morgan fingerprint density at radius 3 is 2.50 bits per heavy atom. The van der Waals surface area contributed by atoms with E-state index in [4.69, 9.17) is 21.1 Å². The van der Waals surface area contributed by atoms with Gasteiger partial charge in [0.05, 0.1) is 6.54 Å². The van der Waals surface area contributed by atoms with E-state index in [1.54, 1.807) is 32.9 Å². The lowest BCUT2D eigenvalue weighted by Gasteiger charge is -2.26. The Balaban J connectivity index is 1.77. The number of nitrogens with zero attached hydrogens (tertiary/aromatic N) is 1. The molecule has 1 aliphatic rings. The molecule has 2 atom stereocenters. The molecular formula is C23H26ClNO5. The number of ether oxygens (including phenoxy) is 2. The number of carbonyl (C=O) groups excluding carboxylic acids is 1. The van der Waals surface area contributed by atoms with Crippen molar-refractivity contribution in [1.29, 1.82) is 0 Å². The number of hydrogen-bond acceptors (Lipinski definition) is 4. The Kier molecular flexibility index (Phi) is 6.56. The maximum Gasteiger partial charge on any atom is 0.411 e.